The molecule has 0 heterocycles. The zero-order chi connectivity index (χ0) is 13.9. The van der Waals surface area contributed by atoms with Gasteiger partial charge in [-0.1, -0.05) is 35.2 Å². The van der Waals surface area contributed by atoms with Crippen molar-refractivity contribution in [1.29, 1.82) is 0 Å². The Morgan fingerprint density at radius 2 is 1.84 bits per heavy atom. The van der Waals surface area contributed by atoms with E-state index < -0.39 is 11.7 Å². The van der Waals surface area contributed by atoms with E-state index in [1.165, 1.54) is 25.3 Å². The Balaban J connectivity index is 2.06. The van der Waals surface area contributed by atoms with Crippen molar-refractivity contribution in [3.05, 3.63) is 28.2 Å². The Kier molecular flexibility index (Phi) is 4.76. The average molecular weight is 336 g/mol. The van der Waals surface area contributed by atoms with Crippen molar-refractivity contribution in [1.82, 2.24) is 0 Å². The van der Waals surface area contributed by atoms with Crippen molar-refractivity contribution in [2.24, 2.45) is 5.92 Å². The molecule has 1 aliphatic carbocycles. The van der Waals surface area contributed by atoms with Gasteiger partial charge in [-0.3, -0.25) is 0 Å². The fourth-order valence-electron chi connectivity index (χ4n) is 2.55. The molecule has 1 saturated carbocycles. The highest BCUT2D eigenvalue weighted by atomic mass is 79.9. The van der Waals surface area contributed by atoms with Crippen molar-refractivity contribution >= 4 is 21.6 Å². The Morgan fingerprint density at radius 3 is 2.47 bits per heavy atom. The van der Waals surface area contributed by atoms with Crippen LogP contribution in [0.3, 0.4) is 0 Å². The zero-order valence-electron chi connectivity index (χ0n) is 10.6. The Hall–Kier alpha value is -0.710. The minimum absolute atomic E-state index is 0.182. The average Bonchev–Trinajstić information content (AvgIpc) is 2.37. The first kappa shape index (κ1) is 14.7. The molecule has 1 nitrogen and oxygen atoms in total. The summed E-state index contributed by atoms with van der Waals surface area (Å²) in [6.07, 6.45) is 1.55. The summed E-state index contributed by atoms with van der Waals surface area (Å²) < 4.78 is 39.2. The van der Waals surface area contributed by atoms with Gasteiger partial charge in [-0.15, -0.1) is 0 Å². The summed E-state index contributed by atoms with van der Waals surface area (Å²) in [7, 11) is 0. The molecular weight excluding hydrogens is 319 g/mol. The summed E-state index contributed by atoms with van der Waals surface area (Å²) in [6, 6.07) is 4.26. The van der Waals surface area contributed by atoms with Gasteiger partial charge in [-0.25, -0.2) is 0 Å². The summed E-state index contributed by atoms with van der Waals surface area (Å²) >= 11 is 3.09. The van der Waals surface area contributed by atoms with Gasteiger partial charge < -0.3 is 5.32 Å². The van der Waals surface area contributed by atoms with Crippen LogP contribution in [0.25, 0.3) is 0 Å². The molecule has 0 radical (unpaired) electrons. The van der Waals surface area contributed by atoms with Gasteiger partial charge in [0.05, 0.1) is 5.56 Å². The normalized spacial score (nSPS) is 17.5. The molecule has 0 atom stereocenters. The monoisotopic (exact) mass is 335 g/mol. The topological polar surface area (TPSA) is 12.0 Å². The van der Waals surface area contributed by atoms with E-state index >= 15 is 0 Å². The van der Waals surface area contributed by atoms with Gasteiger partial charge in [0.25, 0.3) is 0 Å². The molecule has 1 fully saturated rings. The van der Waals surface area contributed by atoms with Crippen molar-refractivity contribution in [2.75, 3.05) is 11.9 Å². The summed E-state index contributed by atoms with van der Waals surface area (Å²) in [5.41, 5.74) is -0.418. The van der Waals surface area contributed by atoms with E-state index in [0.717, 1.165) is 18.9 Å². The Morgan fingerprint density at radius 1 is 1.16 bits per heavy atom. The predicted octanol–water partition coefficient (Wildman–Crippen LogP) is 5.46. The number of anilines is 1. The fraction of sp³-hybridized carbons (Fsp3) is 0.571. The van der Waals surface area contributed by atoms with Crippen LogP contribution in [0.1, 0.15) is 37.7 Å². The standard InChI is InChI=1S/C14H17BrF3N/c15-11-6-7-13(12(8-11)14(16,17)18)19-9-10-4-2-1-3-5-10/h6-8,10,19H,1-5,9H2. The number of hydrogen-bond acceptors (Lipinski definition) is 1. The van der Waals surface area contributed by atoms with E-state index in [1.54, 1.807) is 6.07 Å². The summed E-state index contributed by atoms with van der Waals surface area (Å²) in [5, 5.41) is 2.98. The minimum atomic E-state index is -4.32. The lowest BCUT2D eigenvalue weighted by molar-refractivity contribution is -0.137. The number of hydrogen-bond donors (Lipinski definition) is 1. The maximum absolute atomic E-state index is 12.9. The highest BCUT2D eigenvalue weighted by Gasteiger charge is 2.33. The lowest BCUT2D eigenvalue weighted by atomic mass is 9.89. The molecule has 106 valence electrons. The summed E-state index contributed by atoms with van der Waals surface area (Å²) in [6.45, 7) is 0.630. The molecule has 0 spiro atoms. The van der Waals surface area contributed by atoms with Crippen LogP contribution in [-0.4, -0.2) is 6.54 Å². The van der Waals surface area contributed by atoms with Crippen LogP contribution in [0, 0.1) is 5.92 Å². The molecule has 0 unspecified atom stereocenters. The van der Waals surface area contributed by atoms with Crippen LogP contribution in [0.2, 0.25) is 0 Å². The molecule has 0 aromatic heterocycles. The third-order valence-corrected chi connectivity index (χ3v) is 4.09. The highest BCUT2D eigenvalue weighted by molar-refractivity contribution is 9.10. The van der Waals surface area contributed by atoms with Gasteiger partial charge in [0.2, 0.25) is 0 Å². The molecule has 2 rings (SSSR count). The lowest BCUT2D eigenvalue weighted by Crippen LogP contribution is -2.19. The second-order valence-corrected chi connectivity index (χ2v) is 5.99. The van der Waals surface area contributed by atoms with Crippen LogP contribution < -0.4 is 5.32 Å². The molecule has 1 aromatic rings. The molecule has 1 N–H and O–H groups in total. The number of rotatable bonds is 3. The van der Waals surface area contributed by atoms with Crippen molar-refractivity contribution in [3.8, 4) is 0 Å². The summed E-state index contributed by atoms with van der Waals surface area (Å²) in [5.74, 6) is 0.499. The van der Waals surface area contributed by atoms with E-state index in [2.05, 4.69) is 21.2 Å². The van der Waals surface area contributed by atoms with Crippen LogP contribution in [0.5, 0.6) is 0 Å². The van der Waals surface area contributed by atoms with E-state index in [-0.39, 0.29) is 5.69 Å². The molecule has 19 heavy (non-hydrogen) atoms. The Bertz CT molecular complexity index is 425. The number of benzene rings is 1. The zero-order valence-corrected chi connectivity index (χ0v) is 12.1. The second kappa shape index (κ2) is 6.16. The van der Waals surface area contributed by atoms with E-state index in [4.69, 9.17) is 0 Å². The fourth-order valence-corrected chi connectivity index (χ4v) is 2.91. The first-order valence-electron chi connectivity index (χ1n) is 6.57. The third kappa shape index (κ3) is 4.13. The quantitative estimate of drug-likeness (QED) is 0.773. The molecule has 1 aliphatic rings. The number of halogens is 4. The van der Waals surface area contributed by atoms with Gasteiger partial charge in [0, 0.05) is 16.7 Å². The molecule has 0 bridgehead atoms. The van der Waals surface area contributed by atoms with Gasteiger partial charge in [0.1, 0.15) is 0 Å². The maximum Gasteiger partial charge on any atom is 0.418 e. The smallest absolute Gasteiger partial charge is 0.384 e. The molecule has 5 heteroatoms. The van der Waals surface area contributed by atoms with Gasteiger partial charge in [-0.2, -0.15) is 13.2 Å². The lowest BCUT2D eigenvalue weighted by Gasteiger charge is -2.23. The predicted molar refractivity (Wildman–Crippen MR) is 74.2 cm³/mol. The van der Waals surface area contributed by atoms with Gasteiger partial charge >= 0.3 is 6.18 Å². The second-order valence-electron chi connectivity index (χ2n) is 5.07. The third-order valence-electron chi connectivity index (χ3n) is 3.59. The molecule has 0 aliphatic heterocycles. The molecule has 0 saturated heterocycles. The number of nitrogens with one attached hydrogen (secondary N) is 1. The first-order chi connectivity index (χ1) is 8.97. The van der Waals surface area contributed by atoms with E-state index in [0.29, 0.717) is 16.9 Å². The van der Waals surface area contributed by atoms with Gasteiger partial charge in [-0.05, 0) is 37.0 Å². The minimum Gasteiger partial charge on any atom is -0.384 e. The molecule has 1 aromatic carbocycles. The number of alkyl halides is 3. The van der Waals surface area contributed by atoms with E-state index in [9.17, 15) is 13.2 Å². The van der Waals surface area contributed by atoms with Gasteiger partial charge in [0.15, 0.2) is 0 Å². The highest BCUT2D eigenvalue weighted by Crippen LogP contribution is 2.37. The van der Waals surface area contributed by atoms with Crippen molar-refractivity contribution in [2.45, 2.75) is 38.3 Å². The molecule has 0 amide bonds. The van der Waals surface area contributed by atoms with Crippen LogP contribution in [0.15, 0.2) is 22.7 Å². The van der Waals surface area contributed by atoms with Crippen LogP contribution >= 0.6 is 15.9 Å². The SMILES string of the molecule is FC(F)(F)c1cc(Br)ccc1NCC1CCCCC1. The van der Waals surface area contributed by atoms with Crippen molar-refractivity contribution < 1.29 is 13.2 Å². The largest absolute Gasteiger partial charge is 0.418 e. The van der Waals surface area contributed by atoms with Crippen LogP contribution in [0.4, 0.5) is 18.9 Å². The summed E-state index contributed by atoms with van der Waals surface area (Å²) in [4.78, 5) is 0. The first-order valence-corrected chi connectivity index (χ1v) is 7.37. The Labute approximate surface area is 119 Å². The van der Waals surface area contributed by atoms with Crippen LogP contribution in [-0.2, 0) is 6.18 Å². The van der Waals surface area contributed by atoms with Crippen molar-refractivity contribution in [3.63, 3.8) is 0 Å². The van der Waals surface area contributed by atoms with E-state index in [1.807, 2.05) is 0 Å². The maximum atomic E-state index is 12.9. The molecular formula is C14H17BrF3N.